The van der Waals surface area contributed by atoms with Gasteiger partial charge in [-0.05, 0) is 25.7 Å². The molecule has 80 valence electrons. The van der Waals surface area contributed by atoms with Gasteiger partial charge in [-0.15, -0.1) is 0 Å². The monoisotopic (exact) mass is 199 g/mol. The first-order valence-electron chi connectivity index (χ1n) is 5.04. The van der Waals surface area contributed by atoms with E-state index in [0.29, 0.717) is 19.0 Å². The summed E-state index contributed by atoms with van der Waals surface area (Å²) in [4.78, 5) is 23.9. The molecule has 1 heterocycles. The number of piperidine rings is 1. The van der Waals surface area contributed by atoms with Crippen molar-refractivity contribution >= 4 is 11.9 Å². The molecule has 1 aliphatic rings. The van der Waals surface area contributed by atoms with Gasteiger partial charge in [-0.2, -0.15) is 0 Å². The number of carbonyl (C=O) groups excluding carboxylic acids is 1. The predicted molar refractivity (Wildman–Crippen MR) is 51.8 cm³/mol. The van der Waals surface area contributed by atoms with Gasteiger partial charge in [0.05, 0.1) is 0 Å². The van der Waals surface area contributed by atoms with Crippen molar-refractivity contribution in [3.05, 3.63) is 0 Å². The minimum Gasteiger partial charge on any atom is -0.481 e. The first kappa shape index (κ1) is 11.0. The van der Waals surface area contributed by atoms with Gasteiger partial charge in [-0.25, -0.2) is 0 Å². The number of likely N-dealkylation sites (tertiary alicyclic amines) is 1. The number of hydrogen-bond acceptors (Lipinski definition) is 2. The highest BCUT2D eigenvalue weighted by molar-refractivity contribution is 5.96. The first-order valence-corrected chi connectivity index (χ1v) is 5.04. The maximum absolute atomic E-state index is 11.6. The lowest BCUT2D eigenvalue weighted by atomic mass is 9.98. The van der Waals surface area contributed by atoms with E-state index in [0.717, 1.165) is 12.8 Å². The lowest BCUT2D eigenvalue weighted by Gasteiger charge is -2.31. The summed E-state index contributed by atoms with van der Waals surface area (Å²) in [5.41, 5.74) is 0. The molecule has 4 heteroatoms. The zero-order chi connectivity index (χ0) is 10.7. The van der Waals surface area contributed by atoms with Gasteiger partial charge in [0, 0.05) is 13.1 Å². The van der Waals surface area contributed by atoms with Crippen LogP contribution in [0.25, 0.3) is 0 Å². The van der Waals surface area contributed by atoms with E-state index in [4.69, 9.17) is 5.11 Å². The van der Waals surface area contributed by atoms with Crippen LogP contribution in [0.4, 0.5) is 0 Å². The normalized spacial score (nSPS) is 20.6. The van der Waals surface area contributed by atoms with Crippen LogP contribution in [-0.4, -0.2) is 35.0 Å². The van der Waals surface area contributed by atoms with E-state index in [-0.39, 0.29) is 5.91 Å². The molecule has 0 spiro atoms. The van der Waals surface area contributed by atoms with Crippen LogP contribution < -0.4 is 0 Å². The largest absolute Gasteiger partial charge is 0.481 e. The fourth-order valence-corrected chi connectivity index (χ4v) is 1.61. The van der Waals surface area contributed by atoms with Gasteiger partial charge in [0.2, 0.25) is 5.91 Å². The highest BCUT2D eigenvalue weighted by atomic mass is 16.4. The van der Waals surface area contributed by atoms with E-state index in [1.54, 1.807) is 4.90 Å². The maximum atomic E-state index is 11.6. The van der Waals surface area contributed by atoms with E-state index in [9.17, 15) is 9.59 Å². The van der Waals surface area contributed by atoms with E-state index < -0.39 is 11.9 Å². The van der Waals surface area contributed by atoms with Crippen molar-refractivity contribution in [3.63, 3.8) is 0 Å². The van der Waals surface area contributed by atoms with Gasteiger partial charge in [-0.1, -0.05) is 6.92 Å². The van der Waals surface area contributed by atoms with Crippen LogP contribution in [0.15, 0.2) is 0 Å². The fourth-order valence-electron chi connectivity index (χ4n) is 1.61. The Balaban J connectivity index is 2.49. The molecule has 0 aromatic carbocycles. The minimum atomic E-state index is -1.03. The Labute approximate surface area is 83.9 Å². The molecule has 14 heavy (non-hydrogen) atoms. The molecule has 0 saturated carbocycles. The molecule has 1 unspecified atom stereocenters. The molecule has 1 rings (SSSR count). The number of carboxylic acid groups (broad SMARTS) is 1. The van der Waals surface area contributed by atoms with Crippen LogP contribution in [0.3, 0.4) is 0 Å². The van der Waals surface area contributed by atoms with Crippen molar-refractivity contribution in [2.24, 2.45) is 11.8 Å². The summed E-state index contributed by atoms with van der Waals surface area (Å²) in [5.74, 6) is -1.53. The van der Waals surface area contributed by atoms with Crippen molar-refractivity contribution in [2.45, 2.75) is 26.7 Å². The first-order chi connectivity index (χ1) is 6.52. The molecule has 1 fully saturated rings. The SMILES string of the molecule is CC1CCN(C(=O)C(C)C(=O)O)CC1. The van der Waals surface area contributed by atoms with Crippen LogP contribution in [-0.2, 0) is 9.59 Å². The summed E-state index contributed by atoms with van der Waals surface area (Å²) < 4.78 is 0. The van der Waals surface area contributed by atoms with Crippen LogP contribution in [0.2, 0.25) is 0 Å². The number of aliphatic carboxylic acids is 1. The lowest BCUT2D eigenvalue weighted by molar-refractivity contribution is -0.150. The minimum absolute atomic E-state index is 0.246. The van der Waals surface area contributed by atoms with Gasteiger partial charge in [-0.3, -0.25) is 9.59 Å². The summed E-state index contributed by atoms with van der Waals surface area (Å²) in [6, 6.07) is 0. The molecule has 1 atom stereocenters. The Kier molecular flexibility index (Phi) is 3.49. The van der Waals surface area contributed by atoms with E-state index in [1.165, 1.54) is 6.92 Å². The summed E-state index contributed by atoms with van der Waals surface area (Å²) in [6.45, 7) is 5.01. The Bertz CT molecular complexity index is 232. The third kappa shape index (κ3) is 2.47. The van der Waals surface area contributed by atoms with Crippen molar-refractivity contribution in [1.82, 2.24) is 4.90 Å². The molecular formula is C10H17NO3. The summed E-state index contributed by atoms with van der Waals surface area (Å²) >= 11 is 0. The molecule has 0 aliphatic carbocycles. The topological polar surface area (TPSA) is 57.6 Å². The predicted octanol–water partition coefficient (Wildman–Crippen LogP) is 0.966. The molecule has 4 nitrogen and oxygen atoms in total. The van der Waals surface area contributed by atoms with Gasteiger partial charge < -0.3 is 10.0 Å². The molecule has 1 N–H and O–H groups in total. The third-order valence-electron chi connectivity index (χ3n) is 2.84. The number of amides is 1. The standard InChI is InChI=1S/C10H17NO3/c1-7-3-5-11(6-4-7)9(12)8(2)10(13)14/h7-8H,3-6H2,1-2H3,(H,13,14). The molecule has 0 bridgehead atoms. The molecule has 0 aromatic heterocycles. The Morgan fingerprint density at radius 3 is 2.29 bits per heavy atom. The highest BCUT2D eigenvalue weighted by Crippen LogP contribution is 2.17. The summed E-state index contributed by atoms with van der Waals surface area (Å²) in [6.07, 6.45) is 1.97. The van der Waals surface area contributed by atoms with Crippen molar-refractivity contribution < 1.29 is 14.7 Å². The second-order valence-electron chi connectivity index (χ2n) is 4.07. The van der Waals surface area contributed by atoms with Crippen molar-refractivity contribution in [2.75, 3.05) is 13.1 Å². The quantitative estimate of drug-likeness (QED) is 0.674. The lowest BCUT2D eigenvalue weighted by Crippen LogP contribution is -2.42. The number of rotatable bonds is 2. The van der Waals surface area contributed by atoms with Gasteiger partial charge >= 0.3 is 5.97 Å². The van der Waals surface area contributed by atoms with E-state index in [1.807, 2.05) is 0 Å². The third-order valence-corrected chi connectivity index (χ3v) is 2.84. The highest BCUT2D eigenvalue weighted by Gasteiger charge is 2.28. The second-order valence-corrected chi connectivity index (χ2v) is 4.07. The Morgan fingerprint density at radius 2 is 1.86 bits per heavy atom. The zero-order valence-corrected chi connectivity index (χ0v) is 8.69. The number of nitrogens with zero attached hydrogens (tertiary/aromatic N) is 1. The van der Waals surface area contributed by atoms with E-state index >= 15 is 0 Å². The average molecular weight is 199 g/mol. The van der Waals surface area contributed by atoms with Crippen molar-refractivity contribution in [3.8, 4) is 0 Å². The molecule has 0 aromatic rings. The smallest absolute Gasteiger partial charge is 0.315 e. The van der Waals surface area contributed by atoms with Gasteiger partial charge in [0.15, 0.2) is 0 Å². The summed E-state index contributed by atoms with van der Waals surface area (Å²) in [5, 5.41) is 8.69. The maximum Gasteiger partial charge on any atom is 0.315 e. The zero-order valence-electron chi connectivity index (χ0n) is 8.69. The van der Waals surface area contributed by atoms with Crippen LogP contribution in [0.1, 0.15) is 26.7 Å². The molecule has 0 radical (unpaired) electrons. The molecule has 1 amide bonds. The molecular weight excluding hydrogens is 182 g/mol. The van der Waals surface area contributed by atoms with Crippen molar-refractivity contribution in [1.29, 1.82) is 0 Å². The molecule has 1 saturated heterocycles. The number of carboxylic acids is 1. The van der Waals surface area contributed by atoms with Crippen LogP contribution >= 0.6 is 0 Å². The number of hydrogen-bond donors (Lipinski definition) is 1. The van der Waals surface area contributed by atoms with Crippen LogP contribution in [0.5, 0.6) is 0 Å². The number of carbonyl (C=O) groups is 2. The van der Waals surface area contributed by atoms with Gasteiger partial charge in [0.1, 0.15) is 5.92 Å². The fraction of sp³-hybridized carbons (Fsp3) is 0.800. The van der Waals surface area contributed by atoms with Gasteiger partial charge in [0.25, 0.3) is 0 Å². The Morgan fingerprint density at radius 1 is 1.36 bits per heavy atom. The average Bonchev–Trinajstić information content (AvgIpc) is 2.16. The van der Waals surface area contributed by atoms with E-state index in [2.05, 4.69) is 6.92 Å². The van der Waals surface area contributed by atoms with Crippen LogP contribution in [0, 0.1) is 11.8 Å². The second kappa shape index (κ2) is 4.44. The Hall–Kier alpha value is -1.06. The molecule has 1 aliphatic heterocycles. The summed E-state index contributed by atoms with van der Waals surface area (Å²) in [7, 11) is 0.